The number of carboxylic acid groups (broad SMARTS) is 1. The zero-order chi connectivity index (χ0) is 12.4. The van der Waals surface area contributed by atoms with E-state index in [-0.39, 0.29) is 5.37 Å². The molecule has 2 atom stereocenters. The number of benzene rings is 1. The number of nitrogens with one attached hydrogen (secondary N) is 1. The predicted octanol–water partition coefficient (Wildman–Crippen LogP) is 1.54. The summed E-state index contributed by atoms with van der Waals surface area (Å²) in [6.07, 6.45) is 0. The van der Waals surface area contributed by atoms with Gasteiger partial charge in [-0.3, -0.25) is 10.1 Å². The number of carboxylic acids is 1. The molecule has 1 aliphatic rings. The van der Waals surface area contributed by atoms with E-state index in [9.17, 15) is 4.79 Å². The van der Waals surface area contributed by atoms with Gasteiger partial charge in [-0.15, -0.1) is 11.8 Å². The van der Waals surface area contributed by atoms with Crippen LogP contribution in [0.25, 0.3) is 0 Å². The summed E-state index contributed by atoms with van der Waals surface area (Å²) in [6, 6.07) is 7.75. The highest BCUT2D eigenvalue weighted by molar-refractivity contribution is 7.99. The maximum atomic E-state index is 10.8. The Labute approximate surface area is 105 Å². The van der Waals surface area contributed by atoms with E-state index in [2.05, 4.69) is 5.32 Å². The van der Waals surface area contributed by atoms with Crippen LogP contribution >= 0.6 is 11.8 Å². The summed E-state index contributed by atoms with van der Waals surface area (Å²) in [4.78, 5) is 12.9. The molecule has 4 nitrogen and oxygen atoms in total. The molecule has 0 amide bonds. The Morgan fingerprint density at radius 2 is 2.06 bits per heavy atom. The van der Waals surface area contributed by atoms with Crippen LogP contribution in [0, 0.1) is 0 Å². The predicted molar refractivity (Wildman–Crippen MR) is 70.5 cm³/mol. The molecule has 1 heterocycles. The van der Waals surface area contributed by atoms with Gasteiger partial charge in [0, 0.05) is 25.5 Å². The average molecular weight is 252 g/mol. The van der Waals surface area contributed by atoms with Crippen LogP contribution < -0.4 is 10.2 Å². The molecule has 1 aromatic carbocycles. The van der Waals surface area contributed by atoms with Gasteiger partial charge in [-0.2, -0.15) is 0 Å². The van der Waals surface area contributed by atoms with Gasteiger partial charge in [-0.05, 0) is 17.7 Å². The minimum Gasteiger partial charge on any atom is -0.480 e. The van der Waals surface area contributed by atoms with Crippen LogP contribution in [-0.2, 0) is 4.79 Å². The molecule has 92 valence electrons. The van der Waals surface area contributed by atoms with Crippen molar-refractivity contribution < 1.29 is 9.90 Å². The van der Waals surface area contributed by atoms with Crippen LogP contribution in [0.2, 0.25) is 0 Å². The van der Waals surface area contributed by atoms with Crippen LogP contribution in [0.1, 0.15) is 10.9 Å². The first-order chi connectivity index (χ1) is 8.08. The summed E-state index contributed by atoms with van der Waals surface area (Å²) >= 11 is 1.64. The third kappa shape index (κ3) is 2.73. The lowest BCUT2D eigenvalue weighted by molar-refractivity contribution is -0.138. The molecule has 0 unspecified atom stereocenters. The molecule has 0 saturated carbocycles. The maximum Gasteiger partial charge on any atom is 0.321 e. The molecule has 2 rings (SSSR count). The van der Waals surface area contributed by atoms with Crippen molar-refractivity contribution in [3.63, 3.8) is 0 Å². The van der Waals surface area contributed by atoms with Crippen molar-refractivity contribution in [2.75, 3.05) is 24.7 Å². The summed E-state index contributed by atoms with van der Waals surface area (Å²) < 4.78 is 0. The molecule has 1 aliphatic heterocycles. The molecule has 0 aromatic heterocycles. The zero-order valence-electron chi connectivity index (χ0n) is 9.88. The molecule has 1 saturated heterocycles. The number of rotatable bonds is 3. The van der Waals surface area contributed by atoms with Crippen molar-refractivity contribution in [1.29, 1.82) is 0 Å². The second kappa shape index (κ2) is 4.98. The fraction of sp³-hybridized carbons (Fsp3) is 0.417. The highest BCUT2D eigenvalue weighted by Crippen LogP contribution is 2.33. The number of hydrogen-bond acceptors (Lipinski definition) is 4. The number of hydrogen-bond donors (Lipinski definition) is 2. The molecule has 0 radical (unpaired) electrons. The van der Waals surface area contributed by atoms with Crippen LogP contribution in [0.4, 0.5) is 5.69 Å². The number of thioether (sulfide) groups is 1. The second-order valence-electron chi connectivity index (χ2n) is 4.26. The second-order valence-corrected chi connectivity index (χ2v) is 5.39. The van der Waals surface area contributed by atoms with Gasteiger partial charge in [-0.25, -0.2) is 0 Å². The van der Waals surface area contributed by atoms with Crippen molar-refractivity contribution in [1.82, 2.24) is 5.32 Å². The lowest BCUT2D eigenvalue weighted by Crippen LogP contribution is -2.33. The molecule has 17 heavy (non-hydrogen) atoms. The van der Waals surface area contributed by atoms with Crippen LogP contribution in [0.15, 0.2) is 24.3 Å². The van der Waals surface area contributed by atoms with Gasteiger partial charge in [0.15, 0.2) is 0 Å². The molecule has 0 spiro atoms. The van der Waals surface area contributed by atoms with E-state index in [1.165, 1.54) is 0 Å². The molecule has 0 bridgehead atoms. The molecular weight excluding hydrogens is 236 g/mol. The Balaban J connectivity index is 2.06. The Morgan fingerprint density at radius 1 is 1.41 bits per heavy atom. The number of nitrogens with zero attached hydrogens (tertiary/aromatic N) is 1. The lowest BCUT2D eigenvalue weighted by atomic mass is 10.2. The van der Waals surface area contributed by atoms with Crippen LogP contribution in [0.5, 0.6) is 0 Å². The average Bonchev–Trinajstić information content (AvgIpc) is 2.78. The topological polar surface area (TPSA) is 52.6 Å². The number of anilines is 1. The van der Waals surface area contributed by atoms with E-state index in [1.54, 1.807) is 11.8 Å². The van der Waals surface area contributed by atoms with E-state index in [1.807, 2.05) is 43.3 Å². The Kier molecular flexibility index (Phi) is 3.59. The van der Waals surface area contributed by atoms with E-state index in [0.717, 1.165) is 11.3 Å². The quantitative estimate of drug-likeness (QED) is 0.854. The lowest BCUT2D eigenvalue weighted by Gasteiger charge is -2.15. The van der Waals surface area contributed by atoms with Crippen molar-refractivity contribution in [3.8, 4) is 0 Å². The van der Waals surface area contributed by atoms with E-state index in [4.69, 9.17) is 5.11 Å². The Hall–Kier alpha value is -1.20. The zero-order valence-corrected chi connectivity index (χ0v) is 10.7. The van der Waals surface area contributed by atoms with Gasteiger partial charge in [0.25, 0.3) is 0 Å². The molecular formula is C12H16N2O2S. The van der Waals surface area contributed by atoms with Gasteiger partial charge in [0.2, 0.25) is 0 Å². The first-order valence-corrected chi connectivity index (χ1v) is 6.50. The smallest absolute Gasteiger partial charge is 0.321 e. The minimum absolute atomic E-state index is 0.0901. The molecule has 0 aliphatic carbocycles. The van der Waals surface area contributed by atoms with E-state index in [0.29, 0.717) is 5.75 Å². The Morgan fingerprint density at radius 3 is 2.53 bits per heavy atom. The SMILES string of the molecule is CN(C)c1ccc([C@@H]2N[C@@H](C(=O)O)CS2)cc1. The first-order valence-electron chi connectivity index (χ1n) is 5.45. The number of aliphatic carboxylic acids is 1. The van der Waals surface area contributed by atoms with Crippen molar-refractivity contribution in [2.45, 2.75) is 11.4 Å². The monoisotopic (exact) mass is 252 g/mol. The van der Waals surface area contributed by atoms with E-state index >= 15 is 0 Å². The van der Waals surface area contributed by atoms with Crippen LogP contribution in [0.3, 0.4) is 0 Å². The third-order valence-corrected chi connectivity index (χ3v) is 4.06. The Bertz CT molecular complexity index is 405. The molecule has 2 N–H and O–H groups in total. The summed E-state index contributed by atoms with van der Waals surface area (Å²) in [6.45, 7) is 0. The summed E-state index contributed by atoms with van der Waals surface area (Å²) in [5.74, 6) is -0.153. The standard InChI is InChI=1S/C12H16N2O2S/c1-14(2)9-5-3-8(4-6-9)11-13-10(7-17-11)12(15)16/h3-6,10-11,13H,7H2,1-2H3,(H,15,16)/t10-,11-/m1/s1. The van der Waals surface area contributed by atoms with Crippen LogP contribution in [-0.4, -0.2) is 37.0 Å². The highest BCUT2D eigenvalue weighted by atomic mass is 32.2. The maximum absolute atomic E-state index is 10.8. The summed E-state index contributed by atoms with van der Waals surface area (Å²) in [5, 5.41) is 12.1. The summed E-state index contributed by atoms with van der Waals surface area (Å²) in [7, 11) is 4.00. The third-order valence-electron chi connectivity index (χ3n) is 2.79. The van der Waals surface area contributed by atoms with Crippen molar-refractivity contribution >= 4 is 23.4 Å². The number of carbonyl (C=O) groups is 1. The fourth-order valence-electron chi connectivity index (χ4n) is 1.75. The first kappa shape index (κ1) is 12.3. The fourth-order valence-corrected chi connectivity index (χ4v) is 2.99. The largest absolute Gasteiger partial charge is 0.480 e. The molecule has 5 heteroatoms. The van der Waals surface area contributed by atoms with Crippen molar-refractivity contribution in [2.24, 2.45) is 0 Å². The molecule has 1 aromatic rings. The van der Waals surface area contributed by atoms with Crippen molar-refractivity contribution in [3.05, 3.63) is 29.8 Å². The van der Waals surface area contributed by atoms with Gasteiger partial charge in [-0.1, -0.05) is 12.1 Å². The summed E-state index contributed by atoms with van der Waals surface area (Å²) in [5.41, 5.74) is 2.27. The highest BCUT2D eigenvalue weighted by Gasteiger charge is 2.30. The van der Waals surface area contributed by atoms with Gasteiger partial charge in [0.1, 0.15) is 6.04 Å². The normalized spacial score (nSPS) is 23.6. The van der Waals surface area contributed by atoms with Gasteiger partial charge in [0.05, 0.1) is 5.37 Å². The van der Waals surface area contributed by atoms with Gasteiger partial charge < -0.3 is 10.0 Å². The van der Waals surface area contributed by atoms with Gasteiger partial charge >= 0.3 is 5.97 Å². The molecule has 1 fully saturated rings. The minimum atomic E-state index is -0.773. The van der Waals surface area contributed by atoms with E-state index < -0.39 is 12.0 Å².